The molecule has 0 fully saturated rings. The van der Waals surface area contributed by atoms with Crippen molar-refractivity contribution in [2.75, 3.05) is 0 Å². The van der Waals surface area contributed by atoms with Crippen molar-refractivity contribution in [3.8, 4) is 0 Å². The Morgan fingerprint density at radius 1 is 1.67 bits per heavy atom. The first-order valence-electron chi connectivity index (χ1n) is 3.90. The highest BCUT2D eigenvalue weighted by Crippen LogP contribution is 2.00. The van der Waals surface area contributed by atoms with E-state index in [2.05, 4.69) is 10.1 Å². The van der Waals surface area contributed by atoms with E-state index in [0.29, 0.717) is 6.54 Å². The summed E-state index contributed by atoms with van der Waals surface area (Å²) in [5, 5.41) is 11.9. The summed E-state index contributed by atoms with van der Waals surface area (Å²) in [6.45, 7) is 4.59. The van der Waals surface area contributed by atoms with E-state index in [1.165, 1.54) is 0 Å². The van der Waals surface area contributed by atoms with Crippen LogP contribution < -0.4 is 0 Å². The SMILES string of the molecule is CC(C)/C(Cn1ccnc1)=N\O. The van der Waals surface area contributed by atoms with Gasteiger partial charge in [0.1, 0.15) is 0 Å². The van der Waals surface area contributed by atoms with Crippen molar-refractivity contribution in [2.45, 2.75) is 20.4 Å². The molecule has 0 aromatic carbocycles. The van der Waals surface area contributed by atoms with Gasteiger partial charge in [-0.25, -0.2) is 4.98 Å². The average molecular weight is 167 g/mol. The minimum absolute atomic E-state index is 0.261. The maximum absolute atomic E-state index is 8.65. The Bertz CT molecular complexity index is 251. The fourth-order valence-electron chi connectivity index (χ4n) is 0.897. The van der Waals surface area contributed by atoms with E-state index in [1.807, 2.05) is 24.6 Å². The van der Waals surface area contributed by atoms with Crippen LogP contribution in [-0.2, 0) is 6.54 Å². The normalized spacial score (nSPS) is 12.4. The summed E-state index contributed by atoms with van der Waals surface area (Å²) in [7, 11) is 0. The van der Waals surface area contributed by atoms with Gasteiger partial charge in [-0.15, -0.1) is 0 Å². The first kappa shape index (κ1) is 8.77. The third-order valence-electron chi connectivity index (χ3n) is 1.70. The van der Waals surface area contributed by atoms with Crippen LogP contribution in [0.3, 0.4) is 0 Å². The van der Waals surface area contributed by atoms with Crippen LogP contribution in [0.25, 0.3) is 0 Å². The van der Waals surface area contributed by atoms with Gasteiger partial charge in [-0.1, -0.05) is 19.0 Å². The van der Waals surface area contributed by atoms with Gasteiger partial charge in [-0.2, -0.15) is 0 Å². The van der Waals surface area contributed by atoms with Crippen LogP contribution in [0, 0.1) is 5.92 Å². The molecule has 4 heteroatoms. The van der Waals surface area contributed by atoms with Gasteiger partial charge >= 0.3 is 0 Å². The van der Waals surface area contributed by atoms with E-state index in [0.717, 1.165) is 5.71 Å². The van der Waals surface area contributed by atoms with Crippen molar-refractivity contribution >= 4 is 5.71 Å². The second-order valence-electron chi connectivity index (χ2n) is 2.98. The van der Waals surface area contributed by atoms with Crippen LogP contribution in [0.4, 0.5) is 0 Å². The summed E-state index contributed by atoms with van der Waals surface area (Å²) in [5.41, 5.74) is 0.757. The molecule has 1 N–H and O–H groups in total. The highest BCUT2D eigenvalue weighted by molar-refractivity contribution is 5.85. The van der Waals surface area contributed by atoms with E-state index in [1.54, 1.807) is 12.5 Å². The predicted octanol–water partition coefficient (Wildman–Crippen LogP) is 1.37. The van der Waals surface area contributed by atoms with Crippen LogP contribution in [0.15, 0.2) is 23.9 Å². The van der Waals surface area contributed by atoms with E-state index < -0.39 is 0 Å². The molecule has 1 aromatic heterocycles. The lowest BCUT2D eigenvalue weighted by Gasteiger charge is -2.07. The monoisotopic (exact) mass is 167 g/mol. The van der Waals surface area contributed by atoms with Gasteiger partial charge < -0.3 is 9.77 Å². The molecule has 0 aliphatic rings. The fourth-order valence-corrected chi connectivity index (χ4v) is 0.897. The van der Waals surface area contributed by atoms with Gasteiger partial charge in [0.15, 0.2) is 0 Å². The molecule has 4 nitrogen and oxygen atoms in total. The van der Waals surface area contributed by atoms with Crippen molar-refractivity contribution in [1.82, 2.24) is 9.55 Å². The van der Waals surface area contributed by atoms with E-state index in [9.17, 15) is 0 Å². The van der Waals surface area contributed by atoms with Gasteiger partial charge in [0, 0.05) is 12.4 Å². The van der Waals surface area contributed by atoms with Crippen molar-refractivity contribution in [3.63, 3.8) is 0 Å². The number of hydrogen-bond acceptors (Lipinski definition) is 3. The zero-order chi connectivity index (χ0) is 8.97. The highest BCUT2D eigenvalue weighted by atomic mass is 16.4. The first-order chi connectivity index (χ1) is 5.74. The molecule has 1 heterocycles. The molecule has 1 aromatic rings. The summed E-state index contributed by atoms with van der Waals surface area (Å²) in [6.07, 6.45) is 5.25. The largest absolute Gasteiger partial charge is 0.411 e. The summed E-state index contributed by atoms with van der Waals surface area (Å²) in [4.78, 5) is 3.90. The lowest BCUT2D eigenvalue weighted by molar-refractivity contribution is 0.313. The predicted molar refractivity (Wildman–Crippen MR) is 46.3 cm³/mol. The lowest BCUT2D eigenvalue weighted by Crippen LogP contribution is -2.14. The molecular formula is C8H13N3O. The second-order valence-corrected chi connectivity index (χ2v) is 2.98. The molecule has 0 aliphatic heterocycles. The lowest BCUT2D eigenvalue weighted by atomic mass is 10.1. The van der Waals surface area contributed by atoms with Gasteiger partial charge in [0.25, 0.3) is 0 Å². The zero-order valence-corrected chi connectivity index (χ0v) is 7.31. The molecule has 0 aliphatic carbocycles. The number of aromatic nitrogens is 2. The van der Waals surface area contributed by atoms with Crippen LogP contribution in [-0.4, -0.2) is 20.5 Å². The van der Waals surface area contributed by atoms with Gasteiger partial charge in [-0.05, 0) is 5.92 Å². The van der Waals surface area contributed by atoms with Gasteiger partial charge in [0.05, 0.1) is 18.6 Å². The minimum atomic E-state index is 0.261. The quantitative estimate of drug-likeness (QED) is 0.420. The smallest absolute Gasteiger partial charge is 0.0949 e. The maximum Gasteiger partial charge on any atom is 0.0949 e. The van der Waals surface area contributed by atoms with Crippen LogP contribution in [0.5, 0.6) is 0 Å². The number of oxime groups is 1. The number of nitrogens with zero attached hydrogens (tertiary/aromatic N) is 3. The summed E-state index contributed by atoms with van der Waals surface area (Å²) in [5.74, 6) is 0.261. The maximum atomic E-state index is 8.65. The molecule has 0 radical (unpaired) electrons. The van der Waals surface area contributed by atoms with Gasteiger partial charge in [-0.3, -0.25) is 0 Å². The molecule has 66 valence electrons. The Hall–Kier alpha value is -1.32. The third-order valence-corrected chi connectivity index (χ3v) is 1.70. The average Bonchev–Trinajstić information content (AvgIpc) is 2.51. The number of rotatable bonds is 3. The Morgan fingerprint density at radius 2 is 2.42 bits per heavy atom. The fraction of sp³-hybridized carbons (Fsp3) is 0.500. The van der Waals surface area contributed by atoms with Crippen molar-refractivity contribution in [2.24, 2.45) is 11.1 Å². The summed E-state index contributed by atoms with van der Waals surface area (Å²) < 4.78 is 1.87. The third kappa shape index (κ3) is 2.08. The first-order valence-corrected chi connectivity index (χ1v) is 3.90. The van der Waals surface area contributed by atoms with Crippen molar-refractivity contribution in [1.29, 1.82) is 0 Å². The van der Waals surface area contributed by atoms with Gasteiger partial charge in [0.2, 0.25) is 0 Å². The molecule has 0 saturated heterocycles. The standard InChI is InChI=1S/C8H13N3O/c1-7(2)8(10-12)5-11-4-3-9-6-11/h3-4,6-7,12H,5H2,1-2H3/b10-8-. The second kappa shape index (κ2) is 3.90. The zero-order valence-electron chi connectivity index (χ0n) is 7.31. The van der Waals surface area contributed by atoms with Crippen molar-refractivity contribution in [3.05, 3.63) is 18.7 Å². The summed E-state index contributed by atoms with van der Waals surface area (Å²) >= 11 is 0. The Morgan fingerprint density at radius 3 is 2.83 bits per heavy atom. The van der Waals surface area contributed by atoms with E-state index in [-0.39, 0.29) is 5.92 Å². The molecular weight excluding hydrogens is 154 g/mol. The van der Waals surface area contributed by atoms with Crippen LogP contribution in [0.2, 0.25) is 0 Å². The molecule has 12 heavy (non-hydrogen) atoms. The summed E-state index contributed by atoms with van der Waals surface area (Å²) in [6, 6.07) is 0. The highest BCUT2D eigenvalue weighted by Gasteiger charge is 2.05. The van der Waals surface area contributed by atoms with Crippen molar-refractivity contribution < 1.29 is 5.21 Å². The molecule has 0 atom stereocenters. The molecule has 0 bridgehead atoms. The van der Waals surface area contributed by atoms with Crippen LogP contribution >= 0.6 is 0 Å². The number of imidazole rings is 1. The molecule has 0 saturated carbocycles. The minimum Gasteiger partial charge on any atom is -0.411 e. The molecule has 0 unspecified atom stereocenters. The van der Waals surface area contributed by atoms with E-state index in [4.69, 9.17) is 5.21 Å². The Balaban J connectivity index is 2.62. The van der Waals surface area contributed by atoms with E-state index >= 15 is 0 Å². The Labute approximate surface area is 71.5 Å². The topological polar surface area (TPSA) is 50.4 Å². The van der Waals surface area contributed by atoms with Crippen LogP contribution in [0.1, 0.15) is 13.8 Å². The molecule has 0 spiro atoms. The Kier molecular flexibility index (Phi) is 2.85. The molecule has 0 amide bonds. The molecule has 1 rings (SSSR count). The number of hydrogen-bond donors (Lipinski definition) is 1.